The molecule has 10 heteroatoms. The number of anilines is 1. The van der Waals surface area contributed by atoms with Crippen molar-refractivity contribution in [2.45, 2.75) is 31.2 Å². The number of carbonyl (C=O) groups is 3. The van der Waals surface area contributed by atoms with Crippen molar-refractivity contribution in [2.24, 2.45) is 11.7 Å². The van der Waals surface area contributed by atoms with Crippen LogP contribution >= 0.6 is 11.3 Å². The summed E-state index contributed by atoms with van der Waals surface area (Å²) in [7, 11) is 0. The fourth-order valence-corrected chi connectivity index (χ4v) is 6.06. The number of hydrogen-bond donors (Lipinski definition) is 2. The number of primary amides is 1. The van der Waals surface area contributed by atoms with Crippen LogP contribution in [0.3, 0.4) is 0 Å². The zero-order valence-electron chi connectivity index (χ0n) is 18.9. The lowest BCUT2D eigenvalue weighted by Crippen LogP contribution is -2.62. The molecule has 1 fully saturated rings. The van der Waals surface area contributed by atoms with Crippen molar-refractivity contribution in [3.8, 4) is 11.5 Å². The Labute approximate surface area is 205 Å². The number of hydrogen-bond acceptors (Lipinski definition) is 7. The van der Waals surface area contributed by atoms with Crippen molar-refractivity contribution in [3.05, 3.63) is 64.7 Å². The molecule has 0 bridgehead atoms. The molecule has 35 heavy (non-hydrogen) atoms. The van der Waals surface area contributed by atoms with Gasteiger partial charge in [0.25, 0.3) is 5.91 Å². The average molecular weight is 496 g/mol. The fraction of sp³-hybridized carbons (Fsp3) is 0.320. The minimum Gasteiger partial charge on any atom is -0.459 e. The maximum atomic E-state index is 13.9. The quantitative estimate of drug-likeness (QED) is 0.494. The number of rotatable bonds is 8. The number of benzene rings is 1. The molecule has 2 aliphatic rings. The third kappa shape index (κ3) is 4.03. The SMILES string of the molecule is NC(=O)C(c1cccs1)(C1CCCC1)N(C(=O)CNC(=O)c1ccco1)c1ccc2c(c1)OCO2. The maximum Gasteiger partial charge on any atom is 0.287 e. The molecule has 1 atom stereocenters. The molecule has 1 aromatic carbocycles. The summed E-state index contributed by atoms with van der Waals surface area (Å²) in [4.78, 5) is 42.0. The van der Waals surface area contributed by atoms with E-state index in [4.69, 9.17) is 19.6 Å². The lowest BCUT2D eigenvalue weighted by Gasteiger charge is -2.45. The lowest BCUT2D eigenvalue weighted by atomic mass is 9.78. The van der Waals surface area contributed by atoms with Crippen molar-refractivity contribution in [1.29, 1.82) is 0 Å². The summed E-state index contributed by atoms with van der Waals surface area (Å²) in [6.07, 6.45) is 4.74. The highest BCUT2D eigenvalue weighted by atomic mass is 32.1. The normalized spacial score (nSPS) is 16.6. The van der Waals surface area contributed by atoms with Crippen LogP contribution in [0.2, 0.25) is 0 Å². The van der Waals surface area contributed by atoms with Gasteiger partial charge in [0.2, 0.25) is 18.6 Å². The van der Waals surface area contributed by atoms with Crippen LogP contribution in [-0.4, -0.2) is 31.1 Å². The first-order chi connectivity index (χ1) is 17.0. The van der Waals surface area contributed by atoms with E-state index in [-0.39, 0.29) is 25.0 Å². The van der Waals surface area contributed by atoms with Gasteiger partial charge < -0.3 is 24.9 Å². The summed E-state index contributed by atoms with van der Waals surface area (Å²) < 4.78 is 16.1. The molecule has 1 aliphatic heterocycles. The van der Waals surface area contributed by atoms with E-state index in [2.05, 4.69) is 5.32 Å². The van der Waals surface area contributed by atoms with Gasteiger partial charge in [0.05, 0.1) is 12.8 Å². The van der Waals surface area contributed by atoms with Crippen molar-refractivity contribution >= 4 is 34.7 Å². The predicted octanol–water partition coefficient (Wildman–Crippen LogP) is 3.40. The van der Waals surface area contributed by atoms with Gasteiger partial charge in [0, 0.05) is 16.6 Å². The Morgan fingerprint density at radius 1 is 1.09 bits per heavy atom. The number of nitrogens with zero attached hydrogens (tertiary/aromatic N) is 1. The van der Waals surface area contributed by atoms with Gasteiger partial charge in [0.15, 0.2) is 22.8 Å². The van der Waals surface area contributed by atoms with Crippen molar-refractivity contribution in [1.82, 2.24) is 5.32 Å². The molecule has 0 radical (unpaired) electrons. The number of ether oxygens (including phenoxy) is 2. The Bertz CT molecular complexity index is 1220. The monoisotopic (exact) mass is 495 g/mol. The van der Waals surface area contributed by atoms with Crippen LogP contribution in [0, 0.1) is 5.92 Å². The number of amides is 3. The summed E-state index contributed by atoms with van der Waals surface area (Å²) in [5.74, 6) is -0.713. The second-order valence-electron chi connectivity index (χ2n) is 8.52. The van der Waals surface area contributed by atoms with Crippen molar-refractivity contribution in [3.63, 3.8) is 0 Å². The van der Waals surface area contributed by atoms with Gasteiger partial charge in [-0.1, -0.05) is 18.9 Å². The van der Waals surface area contributed by atoms with E-state index in [0.717, 1.165) is 25.7 Å². The number of thiophene rings is 1. The molecular formula is C25H25N3O6S. The van der Waals surface area contributed by atoms with Gasteiger partial charge in [0.1, 0.15) is 0 Å². The molecule has 1 aliphatic carbocycles. The largest absolute Gasteiger partial charge is 0.459 e. The molecule has 182 valence electrons. The van der Waals surface area contributed by atoms with Gasteiger partial charge >= 0.3 is 0 Å². The summed E-state index contributed by atoms with van der Waals surface area (Å²) in [5, 5.41) is 4.47. The van der Waals surface area contributed by atoms with Crippen LogP contribution in [0.15, 0.2) is 58.5 Å². The number of fused-ring (bicyclic) bond motifs is 1. The van der Waals surface area contributed by atoms with Crippen LogP contribution in [0.25, 0.3) is 0 Å². The van der Waals surface area contributed by atoms with Crippen molar-refractivity contribution < 1.29 is 28.3 Å². The molecule has 2 aromatic heterocycles. The highest BCUT2D eigenvalue weighted by Crippen LogP contribution is 2.49. The Morgan fingerprint density at radius 2 is 1.89 bits per heavy atom. The third-order valence-electron chi connectivity index (χ3n) is 6.58. The lowest BCUT2D eigenvalue weighted by molar-refractivity contribution is -0.130. The van der Waals surface area contributed by atoms with Crippen LogP contribution in [0.1, 0.15) is 41.1 Å². The first-order valence-corrected chi connectivity index (χ1v) is 12.3. The smallest absolute Gasteiger partial charge is 0.287 e. The number of furan rings is 1. The van der Waals surface area contributed by atoms with E-state index in [1.165, 1.54) is 28.6 Å². The summed E-state index contributed by atoms with van der Waals surface area (Å²) in [6, 6.07) is 11.9. The van der Waals surface area contributed by atoms with Gasteiger partial charge in [-0.05, 0) is 54.5 Å². The average Bonchev–Trinajstić information content (AvgIpc) is 3.67. The molecular weight excluding hydrogens is 470 g/mol. The molecule has 3 amide bonds. The third-order valence-corrected chi connectivity index (χ3v) is 7.57. The van der Waals surface area contributed by atoms with Crippen molar-refractivity contribution in [2.75, 3.05) is 18.2 Å². The van der Waals surface area contributed by atoms with E-state index in [1.54, 1.807) is 24.3 Å². The molecule has 5 rings (SSSR count). The van der Waals surface area contributed by atoms with Crippen LogP contribution in [0.4, 0.5) is 5.69 Å². The topological polar surface area (TPSA) is 124 Å². The molecule has 0 saturated heterocycles. The summed E-state index contributed by atoms with van der Waals surface area (Å²) in [5.41, 5.74) is 5.19. The first-order valence-electron chi connectivity index (χ1n) is 11.4. The van der Waals surface area contributed by atoms with Crippen LogP contribution in [-0.2, 0) is 15.1 Å². The van der Waals surface area contributed by atoms with E-state index in [9.17, 15) is 14.4 Å². The van der Waals surface area contributed by atoms with E-state index < -0.39 is 23.3 Å². The zero-order chi connectivity index (χ0) is 24.4. The molecule has 9 nitrogen and oxygen atoms in total. The summed E-state index contributed by atoms with van der Waals surface area (Å²) in [6.45, 7) is -0.290. The molecule has 3 N–H and O–H groups in total. The Morgan fingerprint density at radius 3 is 2.57 bits per heavy atom. The Balaban J connectivity index is 1.60. The molecule has 3 aromatic rings. The number of nitrogens with one attached hydrogen (secondary N) is 1. The minimum absolute atomic E-state index is 0.0699. The molecule has 1 unspecified atom stereocenters. The van der Waals surface area contributed by atoms with Crippen LogP contribution in [0.5, 0.6) is 11.5 Å². The summed E-state index contributed by atoms with van der Waals surface area (Å²) >= 11 is 1.38. The fourth-order valence-electron chi connectivity index (χ4n) is 5.06. The van der Waals surface area contributed by atoms with Crippen LogP contribution < -0.4 is 25.4 Å². The number of carbonyl (C=O) groups excluding carboxylic acids is 3. The molecule has 1 saturated carbocycles. The Hall–Kier alpha value is -3.79. The van der Waals surface area contributed by atoms with Gasteiger partial charge in [-0.2, -0.15) is 0 Å². The zero-order valence-corrected chi connectivity index (χ0v) is 19.7. The maximum absolute atomic E-state index is 13.9. The molecule has 3 heterocycles. The second-order valence-corrected chi connectivity index (χ2v) is 9.46. The Kier molecular flexibility index (Phi) is 6.21. The predicted molar refractivity (Wildman–Crippen MR) is 128 cm³/mol. The van der Waals surface area contributed by atoms with E-state index in [1.807, 2.05) is 17.5 Å². The first kappa shape index (κ1) is 23.0. The second kappa shape index (κ2) is 9.46. The van der Waals surface area contributed by atoms with E-state index in [0.29, 0.717) is 22.1 Å². The standard InChI is InChI=1S/C25H25N3O6S/c26-24(31)25(16-5-1-2-6-16,21-8-4-12-35-21)28(17-9-10-18-20(13-17)34-15-33-18)22(29)14-27-23(30)19-7-3-11-32-19/h3-4,7-13,16H,1-2,5-6,14-15H2,(H2,26,31)(H,27,30). The number of nitrogens with two attached hydrogens (primary N) is 1. The minimum atomic E-state index is -1.43. The van der Waals surface area contributed by atoms with Gasteiger partial charge in [-0.15, -0.1) is 11.3 Å². The molecule has 0 spiro atoms. The van der Waals surface area contributed by atoms with Gasteiger partial charge in [-0.25, -0.2) is 0 Å². The highest BCUT2D eigenvalue weighted by Gasteiger charge is 2.54. The van der Waals surface area contributed by atoms with Gasteiger partial charge in [-0.3, -0.25) is 19.3 Å². The highest BCUT2D eigenvalue weighted by molar-refractivity contribution is 7.10. The van der Waals surface area contributed by atoms with E-state index >= 15 is 0 Å².